The van der Waals surface area contributed by atoms with E-state index in [1.165, 1.54) is 11.8 Å². The highest BCUT2D eigenvalue weighted by molar-refractivity contribution is 9.10. The Bertz CT molecular complexity index is 949. The first-order valence-electron chi connectivity index (χ1n) is 7.09. The van der Waals surface area contributed by atoms with Gasteiger partial charge in [-0.2, -0.15) is 0 Å². The fourth-order valence-electron chi connectivity index (χ4n) is 2.14. The Hall–Kier alpha value is -2.32. The predicted molar refractivity (Wildman–Crippen MR) is 93.3 cm³/mol. The third-order valence-corrected chi connectivity index (χ3v) is 4.84. The van der Waals surface area contributed by atoms with Gasteiger partial charge in [0.05, 0.1) is 12.0 Å². The molecule has 24 heavy (non-hydrogen) atoms. The molecule has 4 aromatic rings. The van der Waals surface area contributed by atoms with E-state index in [-0.39, 0.29) is 0 Å². The van der Waals surface area contributed by atoms with Crippen LogP contribution < -0.4 is 0 Å². The van der Waals surface area contributed by atoms with Crippen LogP contribution in [0.15, 0.2) is 67.3 Å². The van der Waals surface area contributed by atoms with Gasteiger partial charge >= 0.3 is 0 Å². The highest BCUT2D eigenvalue weighted by Crippen LogP contribution is 2.28. The minimum atomic E-state index is 0.609. The lowest BCUT2D eigenvalue weighted by Crippen LogP contribution is -1.82. The summed E-state index contributed by atoms with van der Waals surface area (Å²) in [6, 6.07) is 13.4. The maximum absolute atomic E-state index is 5.28. The number of thioether (sulfide) groups is 1. The molecule has 8 heteroatoms. The van der Waals surface area contributed by atoms with Gasteiger partial charge in [0, 0.05) is 21.9 Å². The Morgan fingerprint density at radius 1 is 1.12 bits per heavy atom. The number of nitrogens with zero attached hydrogens (tertiary/aromatic N) is 3. The number of rotatable bonds is 5. The van der Waals surface area contributed by atoms with E-state index in [9.17, 15) is 0 Å². The molecule has 6 nitrogen and oxygen atoms in total. The van der Waals surface area contributed by atoms with Crippen molar-refractivity contribution in [1.82, 2.24) is 20.3 Å². The van der Waals surface area contributed by atoms with E-state index < -0.39 is 0 Å². The van der Waals surface area contributed by atoms with Crippen LogP contribution in [0.3, 0.4) is 0 Å². The fraction of sp³-hybridized carbons (Fsp3) is 0.0625. The molecule has 0 saturated heterocycles. The number of halogens is 1. The zero-order valence-electron chi connectivity index (χ0n) is 12.3. The van der Waals surface area contributed by atoms with Gasteiger partial charge in [-0.1, -0.05) is 51.0 Å². The fourth-order valence-corrected chi connectivity index (χ4v) is 3.29. The van der Waals surface area contributed by atoms with Crippen molar-refractivity contribution < 1.29 is 8.94 Å². The van der Waals surface area contributed by atoms with E-state index in [4.69, 9.17) is 8.94 Å². The van der Waals surface area contributed by atoms with Crippen LogP contribution >= 0.6 is 27.7 Å². The highest BCUT2D eigenvalue weighted by Gasteiger charge is 2.12. The standard InChI is InChI=1S/C16H11BrN4O2S/c17-12-5-2-1-4-11(12)15-18-16(20-19-15)24-9-10-8-14(23-21-10)13-6-3-7-22-13/h1-8H,9H2,(H,18,19,20). The third kappa shape index (κ3) is 3.15. The molecule has 0 unspecified atom stereocenters. The van der Waals surface area contributed by atoms with E-state index >= 15 is 0 Å². The summed E-state index contributed by atoms with van der Waals surface area (Å²) in [5.41, 5.74) is 1.78. The van der Waals surface area contributed by atoms with Crippen molar-refractivity contribution in [1.29, 1.82) is 0 Å². The van der Waals surface area contributed by atoms with Crippen molar-refractivity contribution in [3.63, 3.8) is 0 Å². The van der Waals surface area contributed by atoms with Gasteiger partial charge in [0.2, 0.25) is 10.9 Å². The number of hydrogen-bond donors (Lipinski definition) is 1. The first-order chi connectivity index (χ1) is 11.8. The molecule has 0 aliphatic heterocycles. The van der Waals surface area contributed by atoms with Gasteiger partial charge < -0.3 is 8.94 Å². The average Bonchev–Trinajstić information content (AvgIpc) is 3.34. The normalized spacial score (nSPS) is 11.0. The van der Waals surface area contributed by atoms with Crippen LogP contribution in [0.4, 0.5) is 0 Å². The zero-order valence-corrected chi connectivity index (χ0v) is 14.7. The molecule has 0 bridgehead atoms. The number of aromatic nitrogens is 4. The summed E-state index contributed by atoms with van der Waals surface area (Å²) in [7, 11) is 0. The molecule has 0 aliphatic rings. The molecular formula is C16H11BrN4O2S. The number of aromatic amines is 1. The number of benzene rings is 1. The highest BCUT2D eigenvalue weighted by atomic mass is 79.9. The van der Waals surface area contributed by atoms with Crippen LogP contribution in [0.5, 0.6) is 0 Å². The summed E-state index contributed by atoms with van der Waals surface area (Å²) in [6.45, 7) is 0. The number of hydrogen-bond acceptors (Lipinski definition) is 6. The van der Waals surface area contributed by atoms with Gasteiger partial charge in [-0.15, -0.1) is 5.10 Å². The van der Waals surface area contributed by atoms with Gasteiger partial charge in [-0.05, 0) is 18.2 Å². The second kappa shape index (κ2) is 6.66. The first kappa shape index (κ1) is 15.2. The minimum Gasteiger partial charge on any atom is -0.461 e. The van der Waals surface area contributed by atoms with Gasteiger partial charge in [0.25, 0.3) is 0 Å². The Morgan fingerprint density at radius 2 is 2.04 bits per heavy atom. The molecule has 0 aliphatic carbocycles. The van der Waals surface area contributed by atoms with Gasteiger partial charge in [-0.3, -0.25) is 5.10 Å². The Kier molecular flexibility index (Phi) is 4.22. The van der Waals surface area contributed by atoms with E-state index in [0.717, 1.165) is 21.6 Å². The maximum Gasteiger partial charge on any atom is 0.209 e. The molecule has 120 valence electrons. The smallest absolute Gasteiger partial charge is 0.209 e. The third-order valence-electron chi connectivity index (χ3n) is 3.27. The summed E-state index contributed by atoms with van der Waals surface area (Å²) in [5.74, 6) is 2.60. The molecule has 4 rings (SSSR count). The molecule has 0 radical (unpaired) electrons. The minimum absolute atomic E-state index is 0.609. The van der Waals surface area contributed by atoms with E-state index in [0.29, 0.717) is 22.4 Å². The topological polar surface area (TPSA) is 80.7 Å². The molecule has 1 aromatic carbocycles. The summed E-state index contributed by atoms with van der Waals surface area (Å²) in [6.07, 6.45) is 1.60. The van der Waals surface area contributed by atoms with Crippen LogP contribution in [0.2, 0.25) is 0 Å². The average molecular weight is 403 g/mol. The van der Waals surface area contributed by atoms with Crippen molar-refractivity contribution in [2.24, 2.45) is 0 Å². The van der Waals surface area contributed by atoms with Crippen LogP contribution in [-0.4, -0.2) is 20.3 Å². The van der Waals surface area contributed by atoms with E-state index in [1.54, 1.807) is 6.26 Å². The Balaban J connectivity index is 1.45. The predicted octanol–water partition coefficient (Wildman–Crippen LogP) is 4.77. The maximum atomic E-state index is 5.28. The number of nitrogens with one attached hydrogen (secondary N) is 1. The van der Waals surface area contributed by atoms with Crippen LogP contribution in [0.1, 0.15) is 5.69 Å². The Morgan fingerprint density at radius 3 is 2.88 bits per heavy atom. The van der Waals surface area contributed by atoms with Crippen LogP contribution in [0.25, 0.3) is 22.9 Å². The molecule has 0 fully saturated rings. The Labute approximate surface area is 149 Å². The summed E-state index contributed by atoms with van der Waals surface area (Å²) < 4.78 is 11.5. The summed E-state index contributed by atoms with van der Waals surface area (Å²) in [4.78, 5) is 4.50. The molecule has 3 aromatic heterocycles. The zero-order chi connectivity index (χ0) is 16.4. The summed E-state index contributed by atoms with van der Waals surface area (Å²) in [5, 5.41) is 11.9. The van der Waals surface area contributed by atoms with Crippen molar-refractivity contribution >= 4 is 27.7 Å². The lowest BCUT2D eigenvalue weighted by atomic mass is 10.2. The van der Waals surface area contributed by atoms with Crippen LogP contribution in [0, 0.1) is 0 Å². The molecule has 0 saturated carbocycles. The number of furan rings is 1. The van der Waals surface area contributed by atoms with Crippen molar-refractivity contribution in [3.8, 4) is 22.9 Å². The molecule has 1 N–H and O–H groups in total. The molecule has 0 spiro atoms. The largest absolute Gasteiger partial charge is 0.461 e. The lowest BCUT2D eigenvalue weighted by molar-refractivity contribution is 0.413. The van der Waals surface area contributed by atoms with Crippen molar-refractivity contribution in [2.45, 2.75) is 10.9 Å². The molecule has 3 heterocycles. The molecular weight excluding hydrogens is 392 g/mol. The SMILES string of the molecule is Brc1ccccc1-c1nc(SCc2cc(-c3ccco3)on2)n[nH]1. The quantitative estimate of drug-likeness (QED) is 0.484. The van der Waals surface area contributed by atoms with Crippen LogP contribution in [-0.2, 0) is 5.75 Å². The van der Waals surface area contributed by atoms with Gasteiger partial charge in [-0.25, -0.2) is 4.98 Å². The first-order valence-corrected chi connectivity index (χ1v) is 8.87. The summed E-state index contributed by atoms with van der Waals surface area (Å²) >= 11 is 5.00. The second-order valence-electron chi connectivity index (χ2n) is 4.89. The van der Waals surface area contributed by atoms with E-state index in [2.05, 4.69) is 36.3 Å². The van der Waals surface area contributed by atoms with E-state index in [1.807, 2.05) is 42.5 Å². The second-order valence-corrected chi connectivity index (χ2v) is 6.69. The van der Waals surface area contributed by atoms with Gasteiger partial charge in [0.15, 0.2) is 11.6 Å². The lowest BCUT2D eigenvalue weighted by Gasteiger charge is -1.98. The van der Waals surface area contributed by atoms with Crippen molar-refractivity contribution in [2.75, 3.05) is 0 Å². The monoisotopic (exact) mass is 402 g/mol. The van der Waals surface area contributed by atoms with Crippen molar-refractivity contribution in [3.05, 3.63) is 58.9 Å². The number of H-pyrrole nitrogens is 1. The molecule has 0 atom stereocenters. The van der Waals surface area contributed by atoms with Gasteiger partial charge in [0.1, 0.15) is 0 Å². The molecule has 0 amide bonds.